The average Bonchev–Trinajstić information content (AvgIpc) is 2.55. The maximum Gasteiger partial charge on any atom is 0.409 e. The first-order valence-corrected chi connectivity index (χ1v) is 8.40. The van der Waals surface area contributed by atoms with Crippen molar-refractivity contribution >= 4 is 6.09 Å². The molecule has 1 aliphatic carbocycles. The van der Waals surface area contributed by atoms with Crippen LogP contribution in [-0.4, -0.2) is 41.8 Å². The lowest BCUT2D eigenvalue weighted by Crippen LogP contribution is -2.40. The van der Waals surface area contributed by atoms with Crippen LogP contribution >= 0.6 is 0 Å². The van der Waals surface area contributed by atoms with Gasteiger partial charge in [0.1, 0.15) is 6.61 Å². The molecule has 5 heteroatoms. The number of amides is 1. The zero-order valence-corrected chi connectivity index (χ0v) is 13.9. The van der Waals surface area contributed by atoms with Crippen LogP contribution < -0.4 is 5.73 Å². The Morgan fingerprint density at radius 2 is 1.96 bits per heavy atom. The number of aliphatic hydroxyl groups excluding tert-OH is 1. The second kappa shape index (κ2) is 8.89. The second-order valence-electron chi connectivity index (χ2n) is 6.59. The summed E-state index contributed by atoms with van der Waals surface area (Å²) in [5.41, 5.74) is 7.14. The Morgan fingerprint density at radius 1 is 1.30 bits per heavy atom. The summed E-state index contributed by atoms with van der Waals surface area (Å²) >= 11 is 0. The molecule has 0 bridgehead atoms. The van der Waals surface area contributed by atoms with Gasteiger partial charge in [0.2, 0.25) is 0 Å². The minimum Gasteiger partial charge on any atom is -0.445 e. The number of hydrogen-bond donors (Lipinski definition) is 2. The number of rotatable bonds is 6. The number of hydrogen-bond acceptors (Lipinski definition) is 4. The molecule has 0 unspecified atom stereocenters. The van der Waals surface area contributed by atoms with E-state index in [9.17, 15) is 9.90 Å². The Kier molecular flexibility index (Phi) is 6.86. The van der Waals surface area contributed by atoms with Crippen molar-refractivity contribution in [3.63, 3.8) is 0 Å². The average molecular weight is 320 g/mol. The van der Waals surface area contributed by atoms with Gasteiger partial charge in [0.25, 0.3) is 0 Å². The fourth-order valence-corrected chi connectivity index (χ4v) is 3.14. The smallest absolute Gasteiger partial charge is 0.409 e. The quantitative estimate of drug-likeness (QED) is 0.844. The Balaban J connectivity index is 1.68. The topological polar surface area (TPSA) is 75.8 Å². The zero-order chi connectivity index (χ0) is 16.7. The second-order valence-corrected chi connectivity index (χ2v) is 6.59. The molecule has 1 saturated carbocycles. The van der Waals surface area contributed by atoms with Crippen molar-refractivity contribution < 1.29 is 14.6 Å². The highest BCUT2D eigenvalue weighted by molar-refractivity contribution is 5.67. The van der Waals surface area contributed by atoms with Gasteiger partial charge in [-0.3, -0.25) is 0 Å². The minimum absolute atomic E-state index is 0.0514. The van der Waals surface area contributed by atoms with Crippen LogP contribution in [0.2, 0.25) is 0 Å². The van der Waals surface area contributed by atoms with Crippen LogP contribution in [0.1, 0.15) is 37.7 Å². The SMILES string of the molecule is CN(C[C@@H](N)CC1CCC(O)CC1)C(=O)OCc1ccccc1. The highest BCUT2D eigenvalue weighted by Crippen LogP contribution is 2.27. The molecule has 0 spiro atoms. The lowest BCUT2D eigenvalue weighted by molar-refractivity contribution is 0.0948. The van der Waals surface area contributed by atoms with E-state index in [1.54, 1.807) is 11.9 Å². The van der Waals surface area contributed by atoms with E-state index >= 15 is 0 Å². The molecule has 2 rings (SSSR count). The summed E-state index contributed by atoms with van der Waals surface area (Å²) in [6.07, 6.45) is 4.19. The van der Waals surface area contributed by atoms with Gasteiger partial charge in [-0.05, 0) is 43.6 Å². The Hall–Kier alpha value is -1.59. The monoisotopic (exact) mass is 320 g/mol. The summed E-state index contributed by atoms with van der Waals surface area (Å²) in [6, 6.07) is 9.58. The number of aliphatic hydroxyl groups is 1. The molecule has 3 N–H and O–H groups in total. The highest BCUT2D eigenvalue weighted by atomic mass is 16.6. The van der Waals surface area contributed by atoms with Gasteiger partial charge >= 0.3 is 6.09 Å². The third kappa shape index (κ3) is 6.20. The van der Waals surface area contributed by atoms with E-state index in [4.69, 9.17) is 10.5 Å². The van der Waals surface area contributed by atoms with Crippen molar-refractivity contribution in [2.45, 2.75) is 50.9 Å². The standard InChI is InChI=1S/C18H28N2O3/c1-20(18(22)23-13-15-5-3-2-4-6-15)12-16(19)11-14-7-9-17(21)10-8-14/h2-6,14,16-17,21H,7-13,19H2,1H3/t14?,16-,17?/m0/s1. The summed E-state index contributed by atoms with van der Waals surface area (Å²) in [4.78, 5) is 13.5. The zero-order valence-electron chi connectivity index (χ0n) is 13.9. The lowest BCUT2D eigenvalue weighted by atomic mass is 9.83. The van der Waals surface area contributed by atoms with Crippen LogP contribution in [0.4, 0.5) is 4.79 Å². The van der Waals surface area contributed by atoms with Crippen molar-refractivity contribution in [3.8, 4) is 0 Å². The van der Waals surface area contributed by atoms with Gasteiger partial charge in [-0.1, -0.05) is 30.3 Å². The summed E-state index contributed by atoms with van der Waals surface area (Å²) in [7, 11) is 1.72. The van der Waals surface area contributed by atoms with E-state index in [1.807, 2.05) is 30.3 Å². The maximum absolute atomic E-state index is 12.0. The first kappa shape index (κ1) is 17.8. The van der Waals surface area contributed by atoms with Gasteiger partial charge in [0.15, 0.2) is 0 Å². The number of likely N-dealkylation sites (N-methyl/N-ethyl adjacent to an activating group) is 1. The molecule has 1 aromatic carbocycles. The van der Waals surface area contributed by atoms with E-state index in [-0.39, 0.29) is 24.8 Å². The Labute approximate surface area is 138 Å². The van der Waals surface area contributed by atoms with Crippen molar-refractivity contribution in [1.82, 2.24) is 4.90 Å². The molecule has 0 radical (unpaired) electrons. The normalized spacial score (nSPS) is 22.4. The lowest BCUT2D eigenvalue weighted by Gasteiger charge is -2.29. The molecule has 1 aliphatic rings. The summed E-state index contributed by atoms with van der Waals surface area (Å²) in [5, 5.41) is 9.53. The van der Waals surface area contributed by atoms with Gasteiger partial charge < -0.3 is 20.5 Å². The first-order valence-electron chi connectivity index (χ1n) is 8.40. The van der Waals surface area contributed by atoms with Gasteiger partial charge in [0.05, 0.1) is 6.10 Å². The molecule has 0 saturated heterocycles. The molecule has 128 valence electrons. The van der Waals surface area contributed by atoms with Gasteiger partial charge in [-0.2, -0.15) is 0 Å². The number of benzene rings is 1. The predicted octanol–water partition coefficient (Wildman–Crippen LogP) is 2.52. The fraction of sp³-hybridized carbons (Fsp3) is 0.611. The van der Waals surface area contributed by atoms with E-state index in [0.29, 0.717) is 12.5 Å². The molecule has 23 heavy (non-hydrogen) atoms. The van der Waals surface area contributed by atoms with E-state index < -0.39 is 0 Å². The van der Waals surface area contributed by atoms with Crippen LogP contribution in [0, 0.1) is 5.92 Å². The predicted molar refractivity (Wildman–Crippen MR) is 89.8 cm³/mol. The number of carbonyl (C=O) groups is 1. The number of carbonyl (C=O) groups excluding carboxylic acids is 1. The summed E-state index contributed by atoms with van der Waals surface area (Å²) < 4.78 is 5.29. The molecule has 1 aromatic rings. The van der Waals surface area contributed by atoms with Crippen molar-refractivity contribution in [3.05, 3.63) is 35.9 Å². The molecule has 0 aliphatic heterocycles. The highest BCUT2D eigenvalue weighted by Gasteiger charge is 2.22. The van der Waals surface area contributed by atoms with Gasteiger partial charge in [-0.25, -0.2) is 4.79 Å². The third-order valence-corrected chi connectivity index (χ3v) is 4.48. The molecule has 0 aromatic heterocycles. The van der Waals surface area contributed by atoms with Gasteiger partial charge in [-0.15, -0.1) is 0 Å². The van der Waals surface area contributed by atoms with Crippen molar-refractivity contribution in [1.29, 1.82) is 0 Å². The Morgan fingerprint density at radius 3 is 2.61 bits per heavy atom. The molecular formula is C18H28N2O3. The van der Waals surface area contributed by atoms with Crippen LogP contribution in [0.3, 0.4) is 0 Å². The number of nitrogens with two attached hydrogens (primary N) is 1. The first-order chi connectivity index (χ1) is 11.0. The Bertz CT molecular complexity index is 472. The van der Waals surface area contributed by atoms with E-state index in [1.165, 1.54) is 0 Å². The molecule has 0 heterocycles. The van der Waals surface area contributed by atoms with Crippen molar-refractivity contribution in [2.24, 2.45) is 11.7 Å². The van der Waals surface area contributed by atoms with Crippen molar-refractivity contribution in [2.75, 3.05) is 13.6 Å². The van der Waals surface area contributed by atoms with Gasteiger partial charge in [0, 0.05) is 19.6 Å². The fourth-order valence-electron chi connectivity index (χ4n) is 3.14. The van der Waals surface area contributed by atoms with E-state index in [0.717, 1.165) is 37.7 Å². The molecule has 1 amide bonds. The molecule has 1 atom stereocenters. The summed E-state index contributed by atoms with van der Waals surface area (Å²) in [6.45, 7) is 0.770. The summed E-state index contributed by atoms with van der Waals surface area (Å²) in [5.74, 6) is 0.558. The van der Waals surface area contributed by atoms with Crippen LogP contribution in [0.15, 0.2) is 30.3 Å². The van der Waals surface area contributed by atoms with Crippen LogP contribution in [0.25, 0.3) is 0 Å². The largest absolute Gasteiger partial charge is 0.445 e. The molecule has 5 nitrogen and oxygen atoms in total. The number of ether oxygens (including phenoxy) is 1. The third-order valence-electron chi connectivity index (χ3n) is 4.48. The number of nitrogens with zero attached hydrogens (tertiary/aromatic N) is 1. The molecular weight excluding hydrogens is 292 g/mol. The maximum atomic E-state index is 12.0. The van der Waals surface area contributed by atoms with Crippen LogP contribution in [0.5, 0.6) is 0 Å². The minimum atomic E-state index is -0.344. The molecule has 1 fully saturated rings. The van der Waals surface area contributed by atoms with E-state index in [2.05, 4.69) is 0 Å². The van der Waals surface area contributed by atoms with Crippen LogP contribution in [-0.2, 0) is 11.3 Å².